The van der Waals surface area contributed by atoms with Crippen LogP contribution in [0, 0.1) is 18.6 Å². The second-order valence-electron chi connectivity index (χ2n) is 3.49. The predicted octanol–water partition coefficient (Wildman–Crippen LogP) is 0.418. The van der Waals surface area contributed by atoms with Crippen LogP contribution in [0.3, 0.4) is 0 Å². The number of anilines is 1. The van der Waals surface area contributed by atoms with Gasteiger partial charge in [0.05, 0.1) is 32.3 Å². The minimum absolute atomic E-state index is 0.0688. The van der Waals surface area contributed by atoms with E-state index in [2.05, 4.69) is 40.6 Å². The van der Waals surface area contributed by atoms with E-state index < -0.39 is 11.6 Å². The molecule has 0 unspecified atom stereocenters. The Bertz CT molecular complexity index is 602. The van der Waals surface area contributed by atoms with Crippen LogP contribution in [0.1, 0.15) is 5.69 Å². The highest BCUT2D eigenvalue weighted by atomic mass is 19.1. The third-order valence-electron chi connectivity index (χ3n) is 2.12. The molecule has 0 aromatic carbocycles. The number of hydrogen-bond donors (Lipinski definition) is 3. The van der Waals surface area contributed by atoms with Crippen molar-refractivity contribution in [3.63, 3.8) is 0 Å². The van der Waals surface area contributed by atoms with Crippen molar-refractivity contribution in [1.82, 2.24) is 19.9 Å². The van der Waals surface area contributed by atoms with Crippen molar-refractivity contribution in [1.29, 1.82) is 0 Å². The van der Waals surface area contributed by atoms with E-state index in [1.54, 1.807) is 6.92 Å². The Morgan fingerprint density at radius 1 is 0.957 bits per heavy atom. The number of halogens is 2. The van der Waals surface area contributed by atoms with Gasteiger partial charge in [-0.05, 0) is 14.0 Å². The van der Waals surface area contributed by atoms with Crippen molar-refractivity contribution in [3.05, 3.63) is 29.7 Å². The number of ether oxygens (including phenoxy) is 2. The lowest BCUT2D eigenvalue weighted by Gasteiger charge is -2.01. The fraction of sp³-hybridized carbons (Fsp3) is 0.333. The number of nitrogens with zero attached hydrogens (tertiary/aromatic N) is 4. The average molecular weight is 331 g/mol. The van der Waals surface area contributed by atoms with Gasteiger partial charge >= 0.3 is 12.0 Å². The van der Waals surface area contributed by atoms with Gasteiger partial charge in [-0.3, -0.25) is 0 Å². The van der Waals surface area contributed by atoms with Crippen LogP contribution in [0.15, 0.2) is 12.4 Å². The van der Waals surface area contributed by atoms with Gasteiger partial charge in [0.15, 0.2) is 17.5 Å². The number of hydrazine groups is 1. The molecule has 0 saturated carbocycles. The van der Waals surface area contributed by atoms with E-state index in [1.165, 1.54) is 21.3 Å². The van der Waals surface area contributed by atoms with Crippen LogP contribution < -0.4 is 26.5 Å². The molecule has 0 bridgehead atoms. The van der Waals surface area contributed by atoms with Crippen molar-refractivity contribution in [2.45, 2.75) is 6.92 Å². The summed E-state index contributed by atoms with van der Waals surface area (Å²) in [6.45, 7) is 1.56. The Kier molecular flexibility index (Phi) is 9.71. The largest absolute Gasteiger partial charge is 0.467 e. The molecule has 0 aliphatic carbocycles. The van der Waals surface area contributed by atoms with Crippen molar-refractivity contribution >= 4 is 5.82 Å². The molecule has 2 rings (SSSR count). The molecule has 11 heteroatoms. The summed E-state index contributed by atoms with van der Waals surface area (Å²) in [6, 6.07) is 0.262. The third-order valence-corrected chi connectivity index (χ3v) is 2.12. The van der Waals surface area contributed by atoms with Crippen LogP contribution in [0.2, 0.25) is 0 Å². The van der Waals surface area contributed by atoms with E-state index >= 15 is 0 Å². The van der Waals surface area contributed by atoms with E-state index in [0.717, 1.165) is 12.4 Å². The van der Waals surface area contributed by atoms with E-state index in [0.29, 0.717) is 5.69 Å². The highest BCUT2D eigenvalue weighted by molar-refractivity contribution is 5.33. The van der Waals surface area contributed by atoms with Crippen LogP contribution in [0.4, 0.5) is 14.6 Å². The van der Waals surface area contributed by atoms with Crippen LogP contribution in [-0.2, 0) is 0 Å². The molecule has 0 radical (unpaired) electrons. The first kappa shape index (κ1) is 20.3. The maximum atomic E-state index is 12.6. The molecule has 0 fully saturated rings. The van der Waals surface area contributed by atoms with Crippen molar-refractivity contribution in [2.24, 2.45) is 11.6 Å². The molecule has 0 amide bonds. The van der Waals surface area contributed by atoms with Crippen LogP contribution >= 0.6 is 0 Å². The van der Waals surface area contributed by atoms with Crippen LogP contribution in [0.25, 0.3) is 0 Å². The van der Waals surface area contributed by atoms with Gasteiger partial charge in [0.1, 0.15) is 0 Å². The smallest absolute Gasteiger partial charge is 0.318 e. The Morgan fingerprint density at radius 3 is 1.87 bits per heavy atom. The number of nitrogen functional groups attached to an aromatic ring is 1. The number of nitrogens with one attached hydrogen (secondary N) is 1. The SMILES string of the molecule is CN.COc1ncc(F)c(C)n1.COc1ncc(F)c(NN)n1. The average Bonchev–Trinajstić information content (AvgIpc) is 2.60. The Labute approximate surface area is 132 Å². The molecule has 0 aliphatic rings. The maximum Gasteiger partial charge on any atom is 0.318 e. The second-order valence-corrected chi connectivity index (χ2v) is 3.49. The molecule has 2 aromatic rings. The molecular formula is C12H19F2N7O2. The van der Waals surface area contributed by atoms with Gasteiger partial charge in [0.25, 0.3) is 0 Å². The summed E-state index contributed by atoms with van der Waals surface area (Å²) in [6.07, 6.45) is 2.06. The van der Waals surface area contributed by atoms with E-state index in [9.17, 15) is 8.78 Å². The van der Waals surface area contributed by atoms with Crippen LogP contribution in [0.5, 0.6) is 12.0 Å². The standard InChI is InChI=1S/C6H7FN2O.C5H7FN4O.CH5N/c1-4-5(7)3-8-6(9-4)10-2;1-11-5-8-2-3(6)4(9-5)10-7;1-2/h3H,1-2H3;2H,7H2,1H3,(H,8,9,10);2H2,1H3. The zero-order valence-corrected chi connectivity index (χ0v) is 13.2. The first-order valence-electron chi connectivity index (χ1n) is 6.15. The fourth-order valence-electron chi connectivity index (χ4n) is 1.08. The molecule has 2 heterocycles. The number of aryl methyl sites for hydroxylation is 1. The fourth-order valence-corrected chi connectivity index (χ4v) is 1.08. The van der Waals surface area contributed by atoms with Gasteiger partial charge in [-0.25, -0.2) is 24.6 Å². The number of nitrogens with two attached hydrogens (primary N) is 2. The van der Waals surface area contributed by atoms with Gasteiger partial charge in [-0.1, -0.05) is 0 Å². The molecule has 2 aromatic heterocycles. The predicted molar refractivity (Wildman–Crippen MR) is 79.7 cm³/mol. The third kappa shape index (κ3) is 6.76. The Hall–Kier alpha value is -2.66. The second kappa shape index (κ2) is 11.0. The van der Waals surface area contributed by atoms with Crippen molar-refractivity contribution < 1.29 is 18.3 Å². The van der Waals surface area contributed by atoms with Gasteiger partial charge in [-0.15, -0.1) is 0 Å². The molecular weight excluding hydrogens is 312 g/mol. The quantitative estimate of drug-likeness (QED) is 0.540. The first-order chi connectivity index (χ1) is 11.0. The van der Waals surface area contributed by atoms with E-state index in [1.807, 2.05) is 0 Å². The molecule has 0 atom stereocenters. The van der Waals surface area contributed by atoms with Crippen LogP contribution in [-0.4, -0.2) is 41.2 Å². The summed E-state index contributed by atoms with van der Waals surface area (Å²) < 4.78 is 34.3. The number of aromatic nitrogens is 4. The summed E-state index contributed by atoms with van der Waals surface area (Å²) in [7, 11) is 4.32. The van der Waals surface area contributed by atoms with E-state index in [-0.39, 0.29) is 17.8 Å². The zero-order valence-electron chi connectivity index (χ0n) is 13.2. The summed E-state index contributed by atoms with van der Waals surface area (Å²) in [5.74, 6) is 3.82. The molecule has 9 nitrogen and oxygen atoms in total. The maximum absolute atomic E-state index is 12.6. The molecule has 23 heavy (non-hydrogen) atoms. The summed E-state index contributed by atoms with van der Waals surface area (Å²) in [5.41, 5.74) is 6.86. The molecule has 128 valence electrons. The van der Waals surface area contributed by atoms with Gasteiger partial charge < -0.3 is 20.6 Å². The topological polar surface area (TPSA) is 134 Å². The van der Waals surface area contributed by atoms with Gasteiger partial charge in [-0.2, -0.15) is 9.97 Å². The highest BCUT2D eigenvalue weighted by Gasteiger charge is 2.04. The summed E-state index contributed by atoms with van der Waals surface area (Å²) in [4.78, 5) is 14.3. The lowest BCUT2D eigenvalue weighted by Crippen LogP contribution is -2.11. The van der Waals surface area contributed by atoms with E-state index in [4.69, 9.17) is 5.84 Å². The number of hydrogen-bond acceptors (Lipinski definition) is 9. The highest BCUT2D eigenvalue weighted by Crippen LogP contribution is 2.10. The number of rotatable bonds is 3. The van der Waals surface area contributed by atoms with Crippen molar-refractivity contribution in [2.75, 3.05) is 26.7 Å². The monoisotopic (exact) mass is 331 g/mol. The lowest BCUT2D eigenvalue weighted by molar-refractivity contribution is 0.375. The lowest BCUT2D eigenvalue weighted by atomic mass is 10.4. The Morgan fingerprint density at radius 2 is 1.43 bits per heavy atom. The first-order valence-corrected chi connectivity index (χ1v) is 6.15. The van der Waals surface area contributed by atoms with Gasteiger partial charge in [0, 0.05) is 0 Å². The van der Waals surface area contributed by atoms with Gasteiger partial charge in [0.2, 0.25) is 0 Å². The molecule has 0 spiro atoms. The number of methoxy groups -OCH3 is 2. The normalized spacial score (nSPS) is 8.87. The summed E-state index contributed by atoms with van der Waals surface area (Å²) in [5, 5.41) is 0. The minimum atomic E-state index is -0.617. The molecule has 5 N–H and O–H groups in total. The molecule has 0 saturated heterocycles. The zero-order chi connectivity index (χ0) is 17.8. The minimum Gasteiger partial charge on any atom is -0.467 e. The summed E-state index contributed by atoms with van der Waals surface area (Å²) >= 11 is 0. The van der Waals surface area contributed by atoms with Crippen molar-refractivity contribution in [3.8, 4) is 12.0 Å². The Balaban J connectivity index is 0.000000381. The molecule has 0 aliphatic heterocycles.